The van der Waals surface area contributed by atoms with Gasteiger partial charge in [0.05, 0.1) is 16.2 Å². The van der Waals surface area contributed by atoms with Gasteiger partial charge >= 0.3 is 0 Å². The molecule has 2 N–H and O–H groups in total. The third-order valence-corrected chi connectivity index (χ3v) is 6.74. The molecule has 0 saturated heterocycles. The number of phenolic OH excluding ortho intramolecular Hbond substituents is 1. The summed E-state index contributed by atoms with van der Waals surface area (Å²) in [5.41, 5.74) is 2.22. The smallest absolute Gasteiger partial charge is 0.179 e. The summed E-state index contributed by atoms with van der Waals surface area (Å²) in [5, 5.41) is 15.8. The van der Waals surface area contributed by atoms with Crippen LogP contribution in [-0.4, -0.2) is 29.2 Å². The molecule has 0 radical (unpaired) electrons. The maximum atomic E-state index is 12.3. The highest BCUT2D eigenvalue weighted by molar-refractivity contribution is 7.91. The van der Waals surface area contributed by atoms with E-state index in [1.165, 1.54) is 6.33 Å². The predicted octanol–water partition coefficient (Wildman–Crippen LogP) is 3.56. The molecular weight excluding hydrogens is 362 g/mol. The van der Waals surface area contributed by atoms with E-state index in [0.717, 1.165) is 27.4 Å². The predicted molar refractivity (Wildman–Crippen MR) is 104 cm³/mol. The largest absolute Gasteiger partial charge is 0.507 e. The maximum absolute atomic E-state index is 12.3. The van der Waals surface area contributed by atoms with Gasteiger partial charge in [-0.1, -0.05) is 18.2 Å². The van der Waals surface area contributed by atoms with Gasteiger partial charge in [-0.3, -0.25) is 0 Å². The van der Waals surface area contributed by atoms with Crippen LogP contribution in [0.4, 0.5) is 11.5 Å². The highest BCUT2D eigenvalue weighted by Crippen LogP contribution is 2.36. The summed E-state index contributed by atoms with van der Waals surface area (Å²) >= 11 is 0. The Hall–Kier alpha value is -3.19. The van der Waals surface area contributed by atoms with Crippen molar-refractivity contribution in [2.24, 2.45) is 0 Å². The molecule has 7 heteroatoms. The molecule has 0 bridgehead atoms. The lowest BCUT2D eigenvalue weighted by Crippen LogP contribution is -2.00. The number of hydrogen-bond acceptors (Lipinski definition) is 6. The number of fused-ring (bicyclic) bond motifs is 4. The van der Waals surface area contributed by atoms with E-state index in [-0.39, 0.29) is 11.5 Å². The summed E-state index contributed by atoms with van der Waals surface area (Å²) in [6.07, 6.45) is 1.91. The molecule has 0 unspecified atom stereocenters. The molecule has 1 aliphatic rings. The highest BCUT2D eigenvalue weighted by Gasteiger charge is 2.29. The molecule has 5 rings (SSSR count). The zero-order valence-corrected chi connectivity index (χ0v) is 15.0. The Morgan fingerprint density at radius 3 is 2.81 bits per heavy atom. The van der Waals surface area contributed by atoms with Crippen LogP contribution >= 0.6 is 0 Å². The van der Waals surface area contributed by atoms with Crippen LogP contribution < -0.4 is 5.32 Å². The second kappa shape index (κ2) is 5.65. The van der Waals surface area contributed by atoms with Crippen LogP contribution in [0.3, 0.4) is 0 Å². The first-order chi connectivity index (χ1) is 13.0. The minimum absolute atomic E-state index is 0.111. The minimum atomic E-state index is -3.24. The zero-order valence-electron chi connectivity index (χ0n) is 14.2. The van der Waals surface area contributed by atoms with Gasteiger partial charge in [-0.25, -0.2) is 18.4 Å². The first kappa shape index (κ1) is 16.0. The van der Waals surface area contributed by atoms with Crippen molar-refractivity contribution in [1.82, 2.24) is 9.97 Å². The van der Waals surface area contributed by atoms with E-state index in [0.29, 0.717) is 22.7 Å². The SMILES string of the molecule is O=S1(=O)CCc2c1ccc1ncnc(Nc3ccc4cccc(O)c4c3)c21. The van der Waals surface area contributed by atoms with Crippen molar-refractivity contribution >= 4 is 43.0 Å². The monoisotopic (exact) mass is 377 g/mol. The number of aryl methyl sites for hydroxylation is 1. The molecular formula is C20H15N3O3S. The average molecular weight is 377 g/mol. The summed E-state index contributed by atoms with van der Waals surface area (Å²) in [6, 6.07) is 14.4. The third-order valence-electron chi connectivity index (χ3n) is 4.95. The van der Waals surface area contributed by atoms with Crippen LogP contribution in [0.5, 0.6) is 5.75 Å². The highest BCUT2D eigenvalue weighted by atomic mass is 32.2. The second-order valence-electron chi connectivity index (χ2n) is 6.57. The van der Waals surface area contributed by atoms with Crippen molar-refractivity contribution in [3.05, 3.63) is 60.4 Å². The summed E-state index contributed by atoms with van der Waals surface area (Å²) in [7, 11) is -3.24. The Labute approximate surface area is 155 Å². The number of nitrogens with one attached hydrogen (secondary N) is 1. The third kappa shape index (κ3) is 2.50. The molecule has 27 heavy (non-hydrogen) atoms. The van der Waals surface area contributed by atoms with E-state index < -0.39 is 9.84 Å². The van der Waals surface area contributed by atoms with Gasteiger partial charge in [-0.2, -0.15) is 0 Å². The fourth-order valence-corrected chi connectivity index (χ4v) is 5.20. The van der Waals surface area contributed by atoms with Crippen LogP contribution in [0.25, 0.3) is 21.7 Å². The number of anilines is 2. The van der Waals surface area contributed by atoms with Gasteiger partial charge in [0.15, 0.2) is 9.84 Å². The van der Waals surface area contributed by atoms with E-state index in [4.69, 9.17) is 0 Å². The molecule has 0 aliphatic carbocycles. The van der Waals surface area contributed by atoms with Gasteiger partial charge in [0, 0.05) is 16.5 Å². The number of benzene rings is 3. The molecule has 0 saturated carbocycles. The minimum Gasteiger partial charge on any atom is -0.507 e. The van der Waals surface area contributed by atoms with Crippen molar-refractivity contribution in [3.63, 3.8) is 0 Å². The van der Waals surface area contributed by atoms with Gasteiger partial charge in [0.25, 0.3) is 0 Å². The Morgan fingerprint density at radius 1 is 1.04 bits per heavy atom. The Balaban J connectivity index is 1.68. The van der Waals surface area contributed by atoms with Crippen LogP contribution in [0.15, 0.2) is 59.8 Å². The van der Waals surface area contributed by atoms with Gasteiger partial charge in [0.1, 0.15) is 17.9 Å². The lowest BCUT2D eigenvalue weighted by molar-refractivity contribution is 0.481. The van der Waals surface area contributed by atoms with E-state index in [9.17, 15) is 13.5 Å². The van der Waals surface area contributed by atoms with Gasteiger partial charge in [-0.05, 0) is 47.7 Å². The molecule has 6 nitrogen and oxygen atoms in total. The van der Waals surface area contributed by atoms with Crippen molar-refractivity contribution in [3.8, 4) is 5.75 Å². The van der Waals surface area contributed by atoms with E-state index in [1.54, 1.807) is 24.3 Å². The summed E-state index contributed by atoms with van der Waals surface area (Å²) in [5.74, 6) is 0.874. The first-order valence-corrected chi connectivity index (χ1v) is 10.2. The second-order valence-corrected chi connectivity index (χ2v) is 8.64. The van der Waals surface area contributed by atoms with Crippen molar-refractivity contribution in [2.75, 3.05) is 11.1 Å². The van der Waals surface area contributed by atoms with Crippen LogP contribution in [-0.2, 0) is 16.3 Å². The number of aromatic hydroxyl groups is 1. The molecule has 2 heterocycles. The van der Waals surface area contributed by atoms with E-state index in [1.807, 2.05) is 24.3 Å². The Bertz CT molecular complexity index is 1330. The summed E-state index contributed by atoms with van der Waals surface area (Å²) < 4.78 is 24.5. The molecule has 0 fully saturated rings. The van der Waals surface area contributed by atoms with Gasteiger partial charge < -0.3 is 10.4 Å². The van der Waals surface area contributed by atoms with Crippen molar-refractivity contribution in [2.45, 2.75) is 11.3 Å². The summed E-state index contributed by atoms with van der Waals surface area (Å²) in [4.78, 5) is 9.00. The lowest BCUT2D eigenvalue weighted by Gasteiger charge is -2.12. The quantitative estimate of drug-likeness (QED) is 0.555. The normalized spacial score (nSPS) is 15.1. The molecule has 0 amide bonds. The van der Waals surface area contributed by atoms with E-state index >= 15 is 0 Å². The zero-order chi connectivity index (χ0) is 18.6. The topological polar surface area (TPSA) is 92.2 Å². The average Bonchev–Trinajstić information content (AvgIpc) is 2.97. The first-order valence-electron chi connectivity index (χ1n) is 8.51. The standard InChI is InChI=1S/C20H15N3O3S/c24-17-3-1-2-12-4-5-13(10-15(12)17)23-20-19-14-8-9-27(25,26)18(14)7-6-16(19)21-11-22-20/h1-7,10-11,24H,8-9H2,(H,21,22,23). The lowest BCUT2D eigenvalue weighted by atomic mass is 10.1. The molecule has 134 valence electrons. The number of sulfone groups is 1. The summed E-state index contributed by atoms with van der Waals surface area (Å²) in [6.45, 7) is 0. The Kier molecular flexibility index (Phi) is 3.35. The van der Waals surface area contributed by atoms with Crippen molar-refractivity contribution in [1.29, 1.82) is 0 Å². The van der Waals surface area contributed by atoms with Crippen LogP contribution in [0.1, 0.15) is 5.56 Å². The Morgan fingerprint density at radius 2 is 1.93 bits per heavy atom. The number of phenols is 1. The fourth-order valence-electron chi connectivity index (χ4n) is 3.65. The molecule has 0 spiro atoms. The van der Waals surface area contributed by atoms with Gasteiger partial charge in [-0.15, -0.1) is 0 Å². The molecule has 3 aromatic carbocycles. The number of hydrogen-bond donors (Lipinski definition) is 2. The number of aromatic nitrogens is 2. The number of nitrogens with zero attached hydrogens (tertiary/aromatic N) is 2. The van der Waals surface area contributed by atoms with Crippen molar-refractivity contribution < 1.29 is 13.5 Å². The molecule has 0 atom stereocenters. The molecule has 4 aromatic rings. The number of rotatable bonds is 2. The van der Waals surface area contributed by atoms with E-state index in [2.05, 4.69) is 15.3 Å². The fraction of sp³-hybridized carbons (Fsp3) is 0.100. The molecule has 1 aromatic heterocycles. The van der Waals surface area contributed by atoms with Crippen LogP contribution in [0, 0.1) is 0 Å². The van der Waals surface area contributed by atoms with Gasteiger partial charge in [0.2, 0.25) is 0 Å². The maximum Gasteiger partial charge on any atom is 0.179 e. The molecule has 1 aliphatic heterocycles. The van der Waals surface area contributed by atoms with Crippen LogP contribution in [0.2, 0.25) is 0 Å².